The molecule has 134 valence electrons. The number of hydrogen-bond acceptors (Lipinski definition) is 6. The smallest absolute Gasteiger partial charge is 0.328 e. The summed E-state index contributed by atoms with van der Waals surface area (Å²) in [6.07, 6.45) is 0. The van der Waals surface area contributed by atoms with Crippen LogP contribution in [-0.4, -0.2) is 35.7 Å². The molecule has 0 saturated heterocycles. The molecule has 0 aliphatic heterocycles. The quantitative estimate of drug-likeness (QED) is 0.754. The maximum Gasteiger partial charge on any atom is 0.328 e. The second kappa shape index (κ2) is 8.00. The normalized spacial score (nSPS) is 12.3. The van der Waals surface area contributed by atoms with E-state index in [4.69, 9.17) is 14.2 Å². The third-order valence-electron chi connectivity index (χ3n) is 3.51. The zero-order chi connectivity index (χ0) is 18.4. The lowest BCUT2D eigenvalue weighted by atomic mass is 10.1. The molecule has 0 radical (unpaired) electrons. The second-order valence-electron chi connectivity index (χ2n) is 5.00. The lowest BCUT2D eigenvalue weighted by Crippen LogP contribution is -2.34. The van der Waals surface area contributed by atoms with Crippen molar-refractivity contribution in [1.82, 2.24) is 4.72 Å². The highest BCUT2D eigenvalue weighted by atomic mass is 32.2. The van der Waals surface area contributed by atoms with Crippen LogP contribution in [-0.2, 0) is 19.6 Å². The lowest BCUT2D eigenvalue weighted by Gasteiger charge is -2.17. The molecule has 2 rings (SSSR count). The average molecular weight is 365 g/mol. The minimum atomic E-state index is -4.01. The molecule has 1 N–H and O–H groups in total. The molecule has 0 unspecified atom stereocenters. The minimum absolute atomic E-state index is 0.0602. The van der Waals surface area contributed by atoms with Gasteiger partial charge in [-0.2, -0.15) is 4.72 Å². The molecule has 2 aromatic carbocycles. The third kappa shape index (κ3) is 4.28. The highest BCUT2D eigenvalue weighted by Crippen LogP contribution is 2.30. The summed E-state index contributed by atoms with van der Waals surface area (Å²) in [5, 5.41) is 0. The number of carbonyl (C=O) groups excluding carboxylic acids is 1. The highest BCUT2D eigenvalue weighted by molar-refractivity contribution is 7.89. The van der Waals surface area contributed by atoms with E-state index in [1.54, 1.807) is 30.3 Å². The largest absolute Gasteiger partial charge is 0.493 e. The molecular weight excluding hydrogens is 346 g/mol. The van der Waals surface area contributed by atoms with Gasteiger partial charge < -0.3 is 14.2 Å². The first-order valence-corrected chi connectivity index (χ1v) is 8.78. The lowest BCUT2D eigenvalue weighted by molar-refractivity contribution is -0.142. The van der Waals surface area contributed by atoms with E-state index in [0.717, 1.165) is 0 Å². The van der Waals surface area contributed by atoms with Gasteiger partial charge in [0, 0.05) is 6.07 Å². The Balaban J connectivity index is 2.39. The zero-order valence-corrected chi connectivity index (χ0v) is 14.9. The molecule has 7 nitrogen and oxygen atoms in total. The fourth-order valence-corrected chi connectivity index (χ4v) is 3.41. The van der Waals surface area contributed by atoms with E-state index < -0.39 is 22.0 Å². The Morgan fingerprint density at radius 1 is 0.960 bits per heavy atom. The van der Waals surface area contributed by atoms with Crippen LogP contribution in [0.25, 0.3) is 0 Å². The Morgan fingerprint density at radius 2 is 1.60 bits per heavy atom. The molecular formula is C17H19NO6S. The van der Waals surface area contributed by atoms with Gasteiger partial charge in [0.1, 0.15) is 6.04 Å². The molecule has 0 aliphatic carbocycles. The van der Waals surface area contributed by atoms with E-state index >= 15 is 0 Å². The van der Waals surface area contributed by atoms with Gasteiger partial charge in [-0.1, -0.05) is 30.3 Å². The van der Waals surface area contributed by atoms with Crippen molar-refractivity contribution in [3.63, 3.8) is 0 Å². The number of methoxy groups -OCH3 is 3. The first kappa shape index (κ1) is 18.8. The van der Waals surface area contributed by atoms with Crippen LogP contribution in [0.3, 0.4) is 0 Å². The van der Waals surface area contributed by atoms with Crippen molar-refractivity contribution in [2.24, 2.45) is 0 Å². The van der Waals surface area contributed by atoms with Gasteiger partial charge in [-0.05, 0) is 17.7 Å². The van der Waals surface area contributed by atoms with Gasteiger partial charge in [-0.25, -0.2) is 13.2 Å². The van der Waals surface area contributed by atoms with E-state index in [9.17, 15) is 13.2 Å². The van der Waals surface area contributed by atoms with E-state index in [1.165, 1.54) is 39.5 Å². The zero-order valence-electron chi connectivity index (χ0n) is 14.1. The van der Waals surface area contributed by atoms with E-state index in [0.29, 0.717) is 11.3 Å². The van der Waals surface area contributed by atoms with Crippen LogP contribution in [0.4, 0.5) is 0 Å². The molecule has 8 heteroatoms. The summed E-state index contributed by atoms with van der Waals surface area (Å²) in [5.41, 5.74) is 0.471. The fraction of sp³-hybridized carbons (Fsp3) is 0.235. The SMILES string of the molecule is COC(=O)[C@H](NS(=O)(=O)c1ccc(OC)c(OC)c1)c1ccccc1. The Bertz CT molecular complexity index is 835. The number of ether oxygens (including phenoxy) is 3. The van der Waals surface area contributed by atoms with Crippen LogP contribution < -0.4 is 14.2 Å². The van der Waals surface area contributed by atoms with Gasteiger partial charge in [0.15, 0.2) is 11.5 Å². The molecule has 0 fully saturated rings. The molecule has 0 amide bonds. The number of nitrogens with one attached hydrogen (secondary N) is 1. The number of sulfonamides is 1. The fourth-order valence-electron chi connectivity index (χ4n) is 2.22. The van der Waals surface area contributed by atoms with Crippen LogP contribution in [0.15, 0.2) is 53.4 Å². The first-order valence-electron chi connectivity index (χ1n) is 7.30. The predicted octanol–water partition coefficient (Wildman–Crippen LogP) is 1.90. The van der Waals surface area contributed by atoms with E-state index in [2.05, 4.69) is 4.72 Å². The van der Waals surface area contributed by atoms with Gasteiger partial charge >= 0.3 is 5.97 Å². The summed E-state index contributed by atoms with van der Waals surface area (Å²) in [7, 11) is 0.0477. The number of rotatable bonds is 7. The van der Waals surface area contributed by atoms with Gasteiger partial charge in [-0.15, -0.1) is 0 Å². The Kier molecular flexibility index (Phi) is 6.00. The van der Waals surface area contributed by atoms with Crippen LogP contribution in [0.2, 0.25) is 0 Å². The molecule has 0 heterocycles. The maximum absolute atomic E-state index is 12.7. The molecule has 25 heavy (non-hydrogen) atoms. The van der Waals surface area contributed by atoms with Crippen molar-refractivity contribution in [3.8, 4) is 11.5 Å². The number of carbonyl (C=O) groups is 1. The highest BCUT2D eigenvalue weighted by Gasteiger charge is 2.28. The van der Waals surface area contributed by atoms with Crippen molar-refractivity contribution in [1.29, 1.82) is 0 Å². The number of hydrogen-bond donors (Lipinski definition) is 1. The van der Waals surface area contributed by atoms with Crippen molar-refractivity contribution < 1.29 is 27.4 Å². The molecule has 1 atom stereocenters. The first-order chi connectivity index (χ1) is 11.9. The summed E-state index contributed by atoms with van der Waals surface area (Å²) in [4.78, 5) is 12.0. The predicted molar refractivity (Wildman–Crippen MR) is 91.1 cm³/mol. The topological polar surface area (TPSA) is 90.9 Å². The van der Waals surface area contributed by atoms with Gasteiger partial charge in [0.2, 0.25) is 10.0 Å². The molecule has 2 aromatic rings. The average Bonchev–Trinajstić information content (AvgIpc) is 2.65. The minimum Gasteiger partial charge on any atom is -0.493 e. The van der Waals surface area contributed by atoms with Crippen molar-refractivity contribution in [2.75, 3.05) is 21.3 Å². The summed E-state index contributed by atoms with van der Waals surface area (Å²) in [6, 6.07) is 11.4. The summed E-state index contributed by atoms with van der Waals surface area (Å²) < 4.78 is 42.7. The number of benzene rings is 2. The van der Waals surface area contributed by atoms with Gasteiger partial charge in [-0.3, -0.25) is 0 Å². The van der Waals surface area contributed by atoms with E-state index in [1.807, 2.05) is 0 Å². The van der Waals surface area contributed by atoms with Crippen LogP contribution in [0, 0.1) is 0 Å². The summed E-state index contributed by atoms with van der Waals surface area (Å²) in [5.74, 6) is -0.0519. The second-order valence-corrected chi connectivity index (χ2v) is 6.72. The van der Waals surface area contributed by atoms with Crippen molar-refractivity contribution >= 4 is 16.0 Å². The summed E-state index contributed by atoms with van der Waals surface area (Å²) >= 11 is 0. The Morgan fingerprint density at radius 3 is 2.16 bits per heavy atom. The van der Waals surface area contributed by atoms with Crippen molar-refractivity contribution in [3.05, 3.63) is 54.1 Å². The molecule has 0 spiro atoms. The monoisotopic (exact) mass is 365 g/mol. The third-order valence-corrected chi connectivity index (χ3v) is 4.93. The van der Waals surface area contributed by atoms with Gasteiger partial charge in [0.25, 0.3) is 0 Å². The van der Waals surface area contributed by atoms with Gasteiger partial charge in [0.05, 0.1) is 26.2 Å². The van der Waals surface area contributed by atoms with Crippen molar-refractivity contribution in [2.45, 2.75) is 10.9 Å². The summed E-state index contributed by atoms with van der Waals surface area (Å²) in [6.45, 7) is 0. The van der Waals surface area contributed by atoms with Crippen LogP contribution >= 0.6 is 0 Å². The number of esters is 1. The van der Waals surface area contributed by atoms with E-state index in [-0.39, 0.29) is 10.6 Å². The van der Waals surface area contributed by atoms with Crippen LogP contribution in [0.1, 0.15) is 11.6 Å². The molecule has 0 aromatic heterocycles. The van der Waals surface area contributed by atoms with Crippen LogP contribution in [0.5, 0.6) is 11.5 Å². The standard InChI is InChI=1S/C17H19NO6S/c1-22-14-10-9-13(11-15(14)23-2)25(20,21)18-16(17(19)24-3)12-7-5-4-6-8-12/h4-11,16,18H,1-3H3/t16-/m1/s1. The molecule has 0 saturated carbocycles. The Hall–Kier alpha value is -2.58. The molecule has 0 bridgehead atoms. The Labute approximate surface area is 146 Å². The molecule has 0 aliphatic rings. The maximum atomic E-state index is 12.7.